The van der Waals surface area contributed by atoms with Crippen LogP contribution in [0.5, 0.6) is 0 Å². The number of nitrogens with two attached hydrogens (primary N) is 1. The van der Waals surface area contributed by atoms with Crippen LogP contribution in [0.1, 0.15) is 39.3 Å². The summed E-state index contributed by atoms with van der Waals surface area (Å²) in [5.74, 6) is 0.303. The van der Waals surface area contributed by atoms with E-state index >= 15 is 0 Å². The molecule has 0 saturated carbocycles. The molecule has 3 aromatic rings. The number of amides is 1. The SMILES string of the molecule is C=C(O)Cc1ccccc1NC(=O)c1nc(-c2cccc(CN)c2)nc2c1CCC2. The van der Waals surface area contributed by atoms with Gasteiger partial charge in [0.05, 0.1) is 5.76 Å². The normalized spacial score (nSPS) is 12.4. The Bertz CT molecular complexity index is 1120. The maximum Gasteiger partial charge on any atom is 0.274 e. The highest BCUT2D eigenvalue weighted by atomic mass is 16.3. The molecule has 6 heteroatoms. The van der Waals surface area contributed by atoms with E-state index < -0.39 is 0 Å². The van der Waals surface area contributed by atoms with Crippen molar-refractivity contribution in [2.45, 2.75) is 32.2 Å². The van der Waals surface area contributed by atoms with Crippen molar-refractivity contribution in [3.8, 4) is 11.4 Å². The minimum absolute atomic E-state index is 0.0432. The summed E-state index contributed by atoms with van der Waals surface area (Å²) in [5.41, 5.74) is 11.3. The highest BCUT2D eigenvalue weighted by Crippen LogP contribution is 2.28. The number of anilines is 1. The molecular formula is C24H24N4O2. The molecule has 152 valence electrons. The number of benzene rings is 2. The Labute approximate surface area is 175 Å². The molecule has 1 aliphatic rings. The summed E-state index contributed by atoms with van der Waals surface area (Å²) in [5, 5.41) is 12.5. The second-order valence-corrected chi connectivity index (χ2v) is 7.43. The number of hydrogen-bond donors (Lipinski definition) is 3. The molecule has 1 amide bonds. The summed E-state index contributed by atoms with van der Waals surface area (Å²) in [7, 11) is 0. The maximum atomic E-state index is 13.2. The molecule has 0 fully saturated rings. The number of nitrogens with zero attached hydrogens (tertiary/aromatic N) is 2. The van der Waals surface area contributed by atoms with E-state index in [1.807, 2.05) is 48.5 Å². The van der Waals surface area contributed by atoms with Crippen LogP contribution in [0.4, 0.5) is 5.69 Å². The van der Waals surface area contributed by atoms with Crippen molar-refractivity contribution in [3.63, 3.8) is 0 Å². The average Bonchev–Trinajstić information content (AvgIpc) is 3.23. The zero-order valence-corrected chi connectivity index (χ0v) is 16.7. The van der Waals surface area contributed by atoms with Crippen molar-refractivity contribution in [2.24, 2.45) is 5.73 Å². The van der Waals surface area contributed by atoms with Crippen LogP contribution in [-0.2, 0) is 25.8 Å². The van der Waals surface area contributed by atoms with Crippen molar-refractivity contribution in [1.29, 1.82) is 0 Å². The highest BCUT2D eigenvalue weighted by Gasteiger charge is 2.24. The van der Waals surface area contributed by atoms with E-state index in [1.54, 1.807) is 0 Å². The van der Waals surface area contributed by atoms with Gasteiger partial charge in [0.1, 0.15) is 5.69 Å². The fourth-order valence-electron chi connectivity index (χ4n) is 3.78. The minimum Gasteiger partial charge on any atom is -0.513 e. The van der Waals surface area contributed by atoms with Crippen LogP contribution < -0.4 is 11.1 Å². The lowest BCUT2D eigenvalue weighted by Crippen LogP contribution is -2.18. The first-order valence-corrected chi connectivity index (χ1v) is 10.0. The van der Waals surface area contributed by atoms with Crippen molar-refractivity contribution < 1.29 is 9.90 Å². The summed E-state index contributed by atoms with van der Waals surface area (Å²) in [6.07, 6.45) is 2.85. The van der Waals surface area contributed by atoms with Gasteiger partial charge in [-0.25, -0.2) is 9.97 Å². The van der Waals surface area contributed by atoms with Crippen molar-refractivity contribution in [2.75, 3.05) is 5.32 Å². The quantitative estimate of drug-likeness (QED) is 0.544. The number of rotatable bonds is 6. The molecule has 1 heterocycles. The largest absolute Gasteiger partial charge is 0.513 e. The lowest BCUT2D eigenvalue weighted by Gasteiger charge is -2.13. The standard InChI is InChI=1S/C24H24N4O2/c1-15(29)12-17-7-2-3-10-20(17)27-24(30)22-19-9-5-11-21(19)26-23(28-22)18-8-4-6-16(13-18)14-25/h2-4,6-8,10,13,29H,1,5,9,11-12,14,25H2,(H,27,30). The fraction of sp³-hybridized carbons (Fsp3) is 0.208. The van der Waals surface area contributed by atoms with Crippen LogP contribution in [0.3, 0.4) is 0 Å². The monoisotopic (exact) mass is 400 g/mol. The first kappa shape index (κ1) is 19.8. The molecule has 6 nitrogen and oxygen atoms in total. The highest BCUT2D eigenvalue weighted by molar-refractivity contribution is 6.04. The molecule has 0 bridgehead atoms. The van der Waals surface area contributed by atoms with Crippen LogP contribution in [-0.4, -0.2) is 21.0 Å². The molecular weight excluding hydrogens is 376 g/mol. The van der Waals surface area contributed by atoms with Crippen LogP contribution in [0.25, 0.3) is 11.4 Å². The predicted molar refractivity (Wildman–Crippen MR) is 117 cm³/mol. The summed E-state index contributed by atoms with van der Waals surface area (Å²) < 4.78 is 0. The Kier molecular flexibility index (Phi) is 5.59. The molecule has 30 heavy (non-hydrogen) atoms. The number of aliphatic hydroxyl groups excluding tert-OH is 1. The van der Waals surface area contributed by atoms with Gasteiger partial charge < -0.3 is 16.2 Å². The number of aliphatic hydroxyl groups is 1. The maximum absolute atomic E-state index is 13.2. The zero-order chi connectivity index (χ0) is 21.1. The average molecular weight is 400 g/mol. The van der Waals surface area contributed by atoms with E-state index in [-0.39, 0.29) is 18.1 Å². The number of aromatic nitrogens is 2. The molecule has 0 saturated heterocycles. The van der Waals surface area contributed by atoms with Crippen LogP contribution in [0.2, 0.25) is 0 Å². The van der Waals surface area contributed by atoms with E-state index in [9.17, 15) is 9.90 Å². The van der Waals surface area contributed by atoms with Crippen LogP contribution >= 0.6 is 0 Å². The number of fused-ring (bicyclic) bond motifs is 1. The third kappa shape index (κ3) is 4.09. The van der Waals surface area contributed by atoms with Gasteiger partial charge in [-0.3, -0.25) is 4.79 Å². The number of aryl methyl sites for hydroxylation is 1. The third-order valence-electron chi connectivity index (χ3n) is 5.23. The molecule has 0 aliphatic heterocycles. The van der Waals surface area contributed by atoms with Crippen LogP contribution in [0, 0.1) is 0 Å². The second-order valence-electron chi connectivity index (χ2n) is 7.43. The summed E-state index contributed by atoms with van der Waals surface area (Å²) >= 11 is 0. The van der Waals surface area contributed by atoms with E-state index in [0.717, 1.165) is 47.2 Å². The van der Waals surface area contributed by atoms with Gasteiger partial charge in [0.25, 0.3) is 5.91 Å². The number of para-hydroxylation sites is 1. The molecule has 2 aromatic carbocycles. The Morgan fingerprint density at radius 3 is 2.77 bits per heavy atom. The van der Waals surface area contributed by atoms with Gasteiger partial charge in [-0.15, -0.1) is 0 Å². The number of carbonyl (C=O) groups excluding carboxylic acids is 1. The number of carbonyl (C=O) groups is 1. The van der Waals surface area contributed by atoms with E-state index in [1.165, 1.54) is 0 Å². The number of hydrogen-bond acceptors (Lipinski definition) is 5. The Morgan fingerprint density at radius 1 is 1.13 bits per heavy atom. The molecule has 0 radical (unpaired) electrons. The fourth-order valence-corrected chi connectivity index (χ4v) is 3.78. The minimum atomic E-state index is -0.275. The molecule has 1 aromatic heterocycles. The Balaban J connectivity index is 1.71. The van der Waals surface area contributed by atoms with Crippen molar-refractivity contribution in [1.82, 2.24) is 9.97 Å². The molecule has 4 N–H and O–H groups in total. The molecule has 0 atom stereocenters. The lowest BCUT2D eigenvalue weighted by molar-refractivity contribution is 0.102. The van der Waals surface area contributed by atoms with Crippen molar-refractivity contribution >= 4 is 11.6 Å². The molecule has 0 unspecified atom stereocenters. The molecule has 1 aliphatic carbocycles. The smallest absolute Gasteiger partial charge is 0.274 e. The first-order chi connectivity index (χ1) is 14.5. The van der Waals surface area contributed by atoms with E-state index in [0.29, 0.717) is 23.8 Å². The van der Waals surface area contributed by atoms with Gasteiger partial charge in [0.2, 0.25) is 0 Å². The first-order valence-electron chi connectivity index (χ1n) is 10.0. The summed E-state index contributed by atoms with van der Waals surface area (Å²) in [6.45, 7) is 3.98. The predicted octanol–water partition coefficient (Wildman–Crippen LogP) is 3.96. The van der Waals surface area contributed by atoms with Crippen molar-refractivity contribution in [3.05, 3.63) is 88.9 Å². The van der Waals surface area contributed by atoms with Gasteiger partial charge in [-0.1, -0.05) is 43.0 Å². The lowest BCUT2D eigenvalue weighted by atomic mass is 10.1. The van der Waals surface area contributed by atoms with Gasteiger partial charge >= 0.3 is 0 Å². The van der Waals surface area contributed by atoms with E-state index in [4.69, 9.17) is 10.7 Å². The van der Waals surface area contributed by atoms with E-state index in [2.05, 4.69) is 16.9 Å². The summed E-state index contributed by atoms with van der Waals surface area (Å²) in [4.78, 5) is 22.6. The summed E-state index contributed by atoms with van der Waals surface area (Å²) in [6, 6.07) is 15.1. The topological polar surface area (TPSA) is 101 Å². The van der Waals surface area contributed by atoms with Gasteiger partial charge in [-0.05, 0) is 42.5 Å². The molecule has 4 rings (SSSR count). The Hall–Kier alpha value is -3.51. The Morgan fingerprint density at radius 2 is 1.97 bits per heavy atom. The van der Waals surface area contributed by atoms with Crippen LogP contribution in [0.15, 0.2) is 60.9 Å². The van der Waals surface area contributed by atoms with Gasteiger partial charge in [0.15, 0.2) is 5.82 Å². The zero-order valence-electron chi connectivity index (χ0n) is 16.7. The number of nitrogens with one attached hydrogen (secondary N) is 1. The second kappa shape index (κ2) is 8.47. The molecule has 0 spiro atoms. The third-order valence-corrected chi connectivity index (χ3v) is 5.23. The number of allylic oxidation sites excluding steroid dienone is 1. The van der Waals surface area contributed by atoms with Gasteiger partial charge in [-0.2, -0.15) is 0 Å². The van der Waals surface area contributed by atoms with Gasteiger partial charge in [0, 0.05) is 35.5 Å².